The fourth-order valence-corrected chi connectivity index (χ4v) is 5.46. The normalized spacial score (nSPS) is 16.9. The number of hydrogen-bond donors (Lipinski definition) is 3. The van der Waals surface area contributed by atoms with Crippen molar-refractivity contribution >= 4 is 5.91 Å². The number of pyridine rings is 1. The smallest absolute Gasteiger partial charge is 0.253 e. The monoisotopic (exact) mass is 535 g/mol. The Kier molecular flexibility index (Phi) is 9.13. The highest BCUT2D eigenvalue weighted by Crippen LogP contribution is 2.38. The zero-order chi connectivity index (χ0) is 28.0. The Balaban J connectivity index is 1.57. The minimum Gasteiger partial charge on any atom is -0.390 e. The van der Waals surface area contributed by atoms with E-state index in [1.807, 2.05) is 0 Å². The average Bonchev–Trinajstić information content (AvgIpc) is 2.91. The Morgan fingerprint density at radius 1 is 1.03 bits per heavy atom. The summed E-state index contributed by atoms with van der Waals surface area (Å²) in [5.74, 6) is -1.81. The van der Waals surface area contributed by atoms with E-state index < -0.39 is 29.7 Å². The molecule has 1 aliphatic carbocycles. The number of nitrogens with zero attached hydrogens (tertiary/aromatic N) is 1. The van der Waals surface area contributed by atoms with Gasteiger partial charge in [-0.05, 0) is 65.6 Å². The predicted octanol–water partition coefficient (Wildman–Crippen LogP) is 5.81. The van der Waals surface area contributed by atoms with Gasteiger partial charge in [-0.25, -0.2) is 8.78 Å². The zero-order valence-corrected chi connectivity index (χ0v) is 23.0. The molecule has 0 radical (unpaired) electrons. The summed E-state index contributed by atoms with van der Waals surface area (Å²) in [5.41, 5.74) is 2.85. The molecule has 3 N–H and O–H groups in total. The molecule has 0 spiro atoms. The van der Waals surface area contributed by atoms with E-state index in [1.165, 1.54) is 35.9 Å². The van der Waals surface area contributed by atoms with Crippen LogP contribution in [0.1, 0.15) is 79.9 Å². The summed E-state index contributed by atoms with van der Waals surface area (Å²) >= 11 is 0. The first-order valence-electron chi connectivity index (χ1n) is 13.8. The first kappa shape index (κ1) is 28.8. The van der Waals surface area contributed by atoms with Crippen LogP contribution in [0.15, 0.2) is 67.0 Å². The van der Waals surface area contributed by atoms with Crippen molar-refractivity contribution in [2.75, 3.05) is 6.54 Å². The van der Waals surface area contributed by atoms with Crippen LogP contribution in [0.3, 0.4) is 0 Å². The summed E-state index contributed by atoms with van der Waals surface area (Å²) in [5, 5.41) is 17.9. The molecule has 1 saturated carbocycles. The lowest BCUT2D eigenvalue weighted by atomic mass is 9.74. The first-order chi connectivity index (χ1) is 18.6. The number of amides is 1. The average molecular weight is 536 g/mol. The van der Waals surface area contributed by atoms with Gasteiger partial charge in [0.15, 0.2) is 0 Å². The second-order valence-electron chi connectivity index (χ2n) is 11.7. The van der Waals surface area contributed by atoms with Crippen LogP contribution in [0, 0.1) is 11.6 Å². The molecule has 2 aromatic carbocycles. The highest BCUT2D eigenvalue weighted by atomic mass is 19.1. The molecule has 0 saturated heterocycles. The maximum Gasteiger partial charge on any atom is 0.253 e. The highest BCUT2D eigenvalue weighted by molar-refractivity contribution is 5.94. The Labute approximate surface area is 230 Å². The number of carbonyl (C=O) groups excluding carboxylic acids is 1. The summed E-state index contributed by atoms with van der Waals surface area (Å²) in [7, 11) is 0. The largest absolute Gasteiger partial charge is 0.390 e. The second kappa shape index (κ2) is 12.3. The lowest BCUT2D eigenvalue weighted by Crippen LogP contribution is -2.53. The van der Waals surface area contributed by atoms with Gasteiger partial charge in [0.25, 0.3) is 5.91 Å². The molecular weight excluding hydrogens is 496 g/mol. The van der Waals surface area contributed by atoms with Crippen molar-refractivity contribution in [3.05, 3.63) is 101 Å². The van der Waals surface area contributed by atoms with Gasteiger partial charge in [-0.2, -0.15) is 0 Å². The van der Waals surface area contributed by atoms with Gasteiger partial charge < -0.3 is 15.7 Å². The van der Waals surface area contributed by atoms with Gasteiger partial charge in [0.1, 0.15) is 11.6 Å². The van der Waals surface area contributed by atoms with Gasteiger partial charge in [0, 0.05) is 30.5 Å². The Morgan fingerprint density at radius 3 is 2.38 bits per heavy atom. The third-order valence-corrected chi connectivity index (χ3v) is 7.72. The van der Waals surface area contributed by atoms with E-state index in [0.717, 1.165) is 31.7 Å². The van der Waals surface area contributed by atoms with Gasteiger partial charge in [-0.3, -0.25) is 9.78 Å². The summed E-state index contributed by atoms with van der Waals surface area (Å²) in [6.07, 6.45) is 7.26. The third kappa shape index (κ3) is 7.49. The molecular formula is C32H39F2N3O2. The number of aliphatic hydroxyl groups excluding tert-OH is 1. The van der Waals surface area contributed by atoms with E-state index in [1.54, 1.807) is 18.3 Å². The van der Waals surface area contributed by atoms with Crippen molar-refractivity contribution < 1.29 is 18.7 Å². The molecule has 2 unspecified atom stereocenters. The van der Waals surface area contributed by atoms with Crippen molar-refractivity contribution in [2.45, 2.75) is 82.4 Å². The topological polar surface area (TPSA) is 74.2 Å². The predicted molar refractivity (Wildman–Crippen MR) is 149 cm³/mol. The van der Waals surface area contributed by atoms with Crippen LogP contribution in [-0.4, -0.2) is 34.7 Å². The molecule has 3 aromatic rings. The number of carbonyl (C=O) groups is 1. The Bertz CT molecular complexity index is 1230. The van der Waals surface area contributed by atoms with Crippen molar-refractivity contribution in [1.29, 1.82) is 0 Å². The Hall–Kier alpha value is -3.16. The van der Waals surface area contributed by atoms with Crippen LogP contribution in [-0.2, 0) is 17.4 Å². The van der Waals surface area contributed by atoms with Crippen molar-refractivity contribution in [3.63, 3.8) is 0 Å². The van der Waals surface area contributed by atoms with Crippen molar-refractivity contribution in [1.82, 2.24) is 15.6 Å². The number of benzene rings is 2. The number of aromatic nitrogens is 1. The van der Waals surface area contributed by atoms with Crippen LogP contribution in [0.2, 0.25) is 0 Å². The summed E-state index contributed by atoms with van der Waals surface area (Å²) in [6.45, 7) is 6.79. The molecule has 4 rings (SSSR count). The third-order valence-electron chi connectivity index (χ3n) is 7.72. The summed E-state index contributed by atoms with van der Waals surface area (Å²) in [4.78, 5) is 17.0. The Morgan fingerprint density at radius 2 is 1.74 bits per heavy atom. The number of nitrogens with one attached hydrogen (secondary N) is 2. The molecule has 1 aliphatic rings. The number of halogens is 2. The van der Waals surface area contributed by atoms with E-state index in [2.05, 4.69) is 60.7 Å². The van der Waals surface area contributed by atoms with Crippen LogP contribution < -0.4 is 10.6 Å². The second-order valence-corrected chi connectivity index (χ2v) is 11.7. The van der Waals surface area contributed by atoms with Crippen LogP contribution in [0.4, 0.5) is 8.78 Å². The van der Waals surface area contributed by atoms with Gasteiger partial charge >= 0.3 is 0 Å². The molecule has 7 heteroatoms. The minimum absolute atomic E-state index is 0.00723. The minimum atomic E-state index is -1.01. The lowest BCUT2D eigenvalue weighted by Gasteiger charge is -2.41. The molecule has 0 aliphatic heterocycles. The summed E-state index contributed by atoms with van der Waals surface area (Å²) < 4.78 is 27.9. The summed E-state index contributed by atoms with van der Waals surface area (Å²) in [6, 6.07) is 14.4. The highest BCUT2D eigenvalue weighted by Gasteiger charge is 2.35. The van der Waals surface area contributed by atoms with E-state index in [0.29, 0.717) is 11.1 Å². The zero-order valence-electron chi connectivity index (χ0n) is 23.0. The maximum atomic E-state index is 13.9. The van der Waals surface area contributed by atoms with Crippen LogP contribution in [0.5, 0.6) is 0 Å². The molecule has 5 nitrogen and oxygen atoms in total. The fraction of sp³-hybridized carbons (Fsp3) is 0.438. The molecule has 1 heterocycles. The van der Waals surface area contributed by atoms with Crippen molar-refractivity contribution in [2.24, 2.45) is 0 Å². The number of rotatable bonds is 9. The van der Waals surface area contributed by atoms with E-state index in [4.69, 9.17) is 0 Å². The van der Waals surface area contributed by atoms with Gasteiger partial charge in [0.2, 0.25) is 0 Å². The molecule has 208 valence electrons. The van der Waals surface area contributed by atoms with Crippen LogP contribution in [0.25, 0.3) is 0 Å². The molecule has 0 bridgehead atoms. The van der Waals surface area contributed by atoms with Gasteiger partial charge in [-0.1, -0.05) is 64.3 Å². The maximum absolute atomic E-state index is 13.9. The molecule has 1 aromatic heterocycles. The SMILES string of the molecule is CC(C)(C)c1cccc(C2(NCC(O)C(Cc3cc(F)cc(F)c3)NC(=O)c3cccnc3)CCCCC2)c1. The first-order valence-corrected chi connectivity index (χ1v) is 13.8. The van der Waals surface area contributed by atoms with Crippen molar-refractivity contribution in [3.8, 4) is 0 Å². The molecule has 39 heavy (non-hydrogen) atoms. The van der Waals surface area contributed by atoms with Gasteiger partial charge in [0.05, 0.1) is 17.7 Å². The fourth-order valence-electron chi connectivity index (χ4n) is 5.46. The van der Waals surface area contributed by atoms with E-state index >= 15 is 0 Å². The van der Waals surface area contributed by atoms with E-state index in [-0.39, 0.29) is 23.9 Å². The molecule has 1 amide bonds. The molecule has 1 fully saturated rings. The van der Waals surface area contributed by atoms with Gasteiger partial charge in [-0.15, -0.1) is 0 Å². The molecule has 2 atom stereocenters. The number of hydrogen-bond acceptors (Lipinski definition) is 4. The van der Waals surface area contributed by atoms with Crippen LogP contribution >= 0.6 is 0 Å². The van der Waals surface area contributed by atoms with E-state index in [9.17, 15) is 18.7 Å². The lowest BCUT2D eigenvalue weighted by molar-refractivity contribution is 0.0788. The number of aliphatic hydroxyl groups is 1. The quantitative estimate of drug-likeness (QED) is 0.323. The standard InChI is InChI=1S/C32H39F2N3O2/c1-31(2,3)24-10-7-11-25(18-24)32(12-5-4-6-13-32)36-21-29(38)28(17-22-15-26(33)19-27(34)16-22)37-30(39)23-9-8-14-35-20-23/h7-11,14-16,18-20,28-29,36,38H,4-6,12-13,17,21H2,1-3H3,(H,37,39).